The predicted octanol–water partition coefficient (Wildman–Crippen LogP) is 2.19. The molecule has 0 heterocycles. The Morgan fingerprint density at radius 2 is 2.20 bits per heavy atom. The maximum Gasteiger partial charge on any atom is 0.258 e. The molecule has 1 aromatic rings. The Hall–Kier alpha value is -2.04. The van der Waals surface area contributed by atoms with Crippen molar-refractivity contribution in [2.45, 2.75) is 32.7 Å². The zero-order valence-electron chi connectivity index (χ0n) is 12.1. The van der Waals surface area contributed by atoms with Crippen molar-refractivity contribution >= 4 is 12.2 Å². The van der Waals surface area contributed by atoms with Crippen LogP contribution in [0.15, 0.2) is 18.2 Å². The molecule has 1 rings (SSSR count). The molecule has 1 aromatic carbocycles. The summed E-state index contributed by atoms with van der Waals surface area (Å²) in [5.41, 5.74) is 0.360. The van der Waals surface area contributed by atoms with Gasteiger partial charge >= 0.3 is 0 Å². The van der Waals surface area contributed by atoms with Gasteiger partial charge in [-0.15, -0.1) is 0 Å². The van der Waals surface area contributed by atoms with Crippen LogP contribution in [0.1, 0.15) is 37.0 Å². The first-order valence-electron chi connectivity index (χ1n) is 6.66. The van der Waals surface area contributed by atoms with Gasteiger partial charge in [-0.25, -0.2) is 0 Å². The molecular weight excluding hydrogens is 258 g/mol. The molecule has 5 heteroatoms. The van der Waals surface area contributed by atoms with Gasteiger partial charge in [0, 0.05) is 6.04 Å². The van der Waals surface area contributed by atoms with Crippen molar-refractivity contribution in [1.82, 2.24) is 5.32 Å². The van der Waals surface area contributed by atoms with Gasteiger partial charge < -0.3 is 14.8 Å². The van der Waals surface area contributed by atoms with E-state index in [0.29, 0.717) is 23.3 Å². The van der Waals surface area contributed by atoms with Crippen LogP contribution in [-0.4, -0.2) is 32.0 Å². The fourth-order valence-electron chi connectivity index (χ4n) is 1.90. The highest BCUT2D eigenvalue weighted by Gasteiger charge is 2.13. The van der Waals surface area contributed by atoms with E-state index in [1.165, 1.54) is 7.11 Å². The second-order valence-electron chi connectivity index (χ2n) is 4.54. The molecule has 0 aliphatic carbocycles. The quantitative estimate of drug-likeness (QED) is 0.741. The van der Waals surface area contributed by atoms with Crippen molar-refractivity contribution in [2.24, 2.45) is 0 Å². The molecule has 0 aliphatic heterocycles. The number of benzene rings is 1. The number of rotatable bonds is 8. The van der Waals surface area contributed by atoms with Crippen LogP contribution in [0.5, 0.6) is 11.5 Å². The van der Waals surface area contributed by atoms with E-state index in [4.69, 9.17) is 9.47 Å². The molecule has 0 saturated carbocycles. The van der Waals surface area contributed by atoms with Gasteiger partial charge in [-0.2, -0.15) is 0 Å². The Labute approximate surface area is 119 Å². The number of hydrogen-bond donors (Lipinski definition) is 1. The Morgan fingerprint density at radius 1 is 1.45 bits per heavy atom. The highest BCUT2D eigenvalue weighted by molar-refractivity contribution is 5.82. The average molecular weight is 279 g/mol. The maximum atomic E-state index is 11.7. The van der Waals surface area contributed by atoms with Crippen LogP contribution in [0.3, 0.4) is 0 Å². The minimum Gasteiger partial charge on any atom is -0.493 e. The summed E-state index contributed by atoms with van der Waals surface area (Å²) in [7, 11) is 1.49. The predicted molar refractivity (Wildman–Crippen MR) is 76.4 cm³/mol. The number of hydrogen-bond acceptors (Lipinski definition) is 4. The molecule has 1 N–H and O–H groups in total. The highest BCUT2D eigenvalue weighted by atomic mass is 16.5. The lowest BCUT2D eigenvalue weighted by Crippen LogP contribution is -2.36. The lowest BCUT2D eigenvalue weighted by molar-refractivity contribution is -0.123. The fourth-order valence-corrected chi connectivity index (χ4v) is 1.90. The van der Waals surface area contributed by atoms with E-state index in [9.17, 15) is 9.59 Å². The number of carbonyl (C=O) groups is 2. The molecule has 0 aromatic heterocycles. The zero-order chi connectivity index (χ0) is 15.0. The van der Waals surface area contributed by atoms with Crippen molar-refractivity contribution in [3.8, 4) is 11.5 Å². The Bertz CT molecular complexity index is 459. The first-order chi connectivity index (χ1) is 9.62. The lowest BCUT2D eigenvalue weighted by Gasteiger charge is -2.15. The van der Waals surface area contributed by atoms with Crippen LogP contribution < -0.4 is 14.8 Å². The van der Waals surface area contributed by atoms with Gasteiger partial charge in [-0.1, -0.05) is 19.4 Å². The molecule has 1 atom stereocenters. The molecule has 1 unspecified atom stereocenters. The third kappa shape index (κ3) is 4.57. The minimum atomic E-state index is -0.214. The van der Waals surface area contributed by atoms with Gasteiger partial charge in [0.2, 0.25) is 0 Å². The molecule has 20 heavy (non-hydrogen) atoms. The van der Waals surface area contributed by atoms with E-state index < -0.39 is 0 Å². The summed E-state index contributed by atoms with van der Waals surface area (Å²) >= 11 is 0. The Balaban J connectivity index is 2.65. The zero-order valence-corrected chi connectivity index (χ0v) is 12.1. The number of ether oxygens (including phenoxy) is 2. The van der Waals surface area contributed by atoms with Crippen LogP contribution in [0.25, 0.3) is 0 Å². The van der Waals surface area contributed by atoms with Gasteiger partial charge in [0.15, 0.2) is 24.4 Å². The number of methoxy groups -OCH3 is 1. The minimum absolute atomic E-state index is 0.110. The third-order valence-electron chi connectivity index (χ3n) is 2.83. The standard InChI is InChI=1S/C15H21NO4/c1-4-6-11(2)16-14(18)10-20-15-12(9-17)7-5-8-13(15)19-3/h5,7-9,11H,4,6,10H2,1-3H3,(H,16,18). The van der Waals surface area contributed by atoms with Crippen LogP contribution in [0, 0.1) is 0 Å². The second kappa shape index (κ2) is 8.19. The summed E-state index contributed by atoms with van der Waals surface area (Å²) in [5, 5.41) is 2.83. The smallest absolute Gasteiger partial charge is 0.258 e. The first kappa shape index (κ1) is 16.0. The molecule has 0 fully saturated rings. The SMILES string of the molecule is CCCC(C)NC(=O)COc1c(C=O)cccc1OC. The molecule has 0 radical (unpaired) electrons. The van der Waals surface area contributed by atoms with Crippen LogP contribution >= 0.6 is 0 Å². The maximum absolute atomic E-state index is 11.7. The van der Waals surface area contributed by atoms with E-state index in [0.717, 1.165) is 12.8 Å². The van der Waals surface area contributed by atoms with E-state index >= 15 is 0 Å². The second-order valence-corrected chi connectivity index (χ2v) is 4.54. The molecule has 0 aliphatic rings. The van der Waals surface area contributed by atoms with Gasteiger partial charge in [-0.05, 0) is 25.5 Å². The molecule has 110 valence electrons. The molecule has 5 nitrogen and oxygen atoms in total. The van der Waals surface area contributed by atoms with Crippen LogP contribution in [0.4, 0.5) is 0 Å². The average Bonchev–Trinajstić information content (AvgIpc) is 2.44. The van der Waals surface area contributed by atoms with Gasteiger partial charge in [0.05, 0.1) is 12.7 Å². The van der Waals surface area contributed by atoms with E-state index in [-0.39, 0.29) is 18.6 Å². The normalized spacial score (nSPS) is 11.6. The summed E-state index contributed by atoms with van der Waals surface area (Å²) in [4.78, 5) is 22.7. The summed E-state index contributed by atoms with van der Waals surface area (Å²) in [6.07, 6.45) is 2.60. The molecular formula is C15H21NO4. The summed E-state index contributed by atoms with van der Waals surface area (Å²) in [6.45, 7) is 3.86. The number of nitrogens with one attached hydrogen (secondary N) is 1. The monoisotopic (exact) mass is 279 g/mol. The van der Waals surface area contributed by atoms with E-state index in [1.807, 2.05) is 6.92 Å². The number of para-hydroxylation sites is 1. The van der Waals surface area contributed by atoms with E-state index in [1.54, 1.807) is 18.2 Å². The van der Waals surface area contributed by atoms with E-state index in [2.05, 4.69) is 12.2 Å². The highest BCUT2D eigenvalue weighted by Crippen LogP contribution is 2.29. The number of aldehydes is 1. The topological polar surface area (TPSA) is 64.6 Å². The Morgan fingerprint density at radius 3 is 2.80 bits per heavy atom. The molecule has 0 spiro atoms. The summed E-state index contributed by atoms with van der Waals surface area (Å²) in [5.74, 6) is 0.515. The fraction of sp³-hybridized carbons (Fsp3) is 0.467. The van der Waals surface area contributed by atoms with Crippen molar-refractivity contribution in [3.05, 3.63) is 23.8 Å². The van der Waals surface area contributed by atoms with Crippen molar-refractivity contribution in [2.75, 3.05) is 13.7 Å². The molecule has 1 amide bonds. The van der Waals surface area contributed by atoms with Gasteiger partial charge in [0.25, 0.3) is 5.91 Å². The van der Waals surface area contributed by atoms with Gasteiger partial charge in [-0.3, -0.25) is 9.59 Å². The molecule has 0 bridgehead atoms. The lowest BCUT2D eigenvalue weighted by atomic mass is 10.2. The molecule has 0 saturated heterocycles. The summed E-state index contributed by atoms with van der Waals surface area (Å²) in [6, 6.07) is 5.10. The first-order valence-corrected chi connectivity index (χ1v) is 6.66. The largest absolute Gasteiger partial charge is 0.493 e. The van der Waals surface area contributed by atoms with Gasteiger partial charge in [0.1, 0.15) is 0 Å². The van der Waals surface area contributed by atoms with Crippen LogP contribution in [-0.2, 0) is 4.79 Å². The number of carbonyl (C=O) groups excluding carboxylic acids is 2. The summed E-state index contributed by atoms with van der Waals surface area (Å²) < 4.78 is 10.5. The van der Waals surface area contributed by atoms with Crippen molar-refractivity contribution < 1.29 is 19.1 Å². The van der Waals surface area contributed by atoms with Crippen molar-refractivity contribution in [1.29, 1.82) is 0 Å². The van der Waals surface area contributed by atoms with Crippen LogP contribution in [0.2, 0.25) is 0 Å². The third-order valence-corrected chi connectivity index (χ3v) is 2.83. The van der Waals surface area contributed by atoms with Crippen molar-refractivity contribution in [3.63, 3.8) is 0 Å². The Kier molecular flexibility index (Phi) is 6.56. The number of amides is 1.